The number of carbonyl (C=O) groups is 1. The number of benzene rings is 1. The number of nitrogens with zero attached hydrogens (tertiary/aromatic N) is 2. The molecule has 5 nitrogen and oxygen atoms in total. The highest BCUT2D eigenvalue weighted by Crippen LogP contribution is 2.38. The molecule has 0 saturated heterocycles. The van der Waals surface area contributed by atoms with Crippen LogP contribution >= 0.6 is 0 Å². The van der Waals surface area contributed by atoms with Gasteiger partial charge in [-0.2, -0.15) is 0 Å². The molecule has 0 unspecified atom stereocenters. The maximum absolute atomic E-state index is 12.7. The van der Waals surface area contributed by atoms with E-state index in [4.69, 9.17) is 4.98 Å². The number of nitrogens with one attached hydrogen (secondary N) is 1. The molecular formula is C21H31N3O2. The number of aliphatic hydroxyl groups is 1. The van der Waals surface area contributed by atoms with Gasteiger partial charge in [-0.05, 0) is 56.2 Å². The molecule has 3 rings (SSSR count). The van der Waals surface area contributed by atoms with Gasteiger partial charge in [0.25, 0.3) is 0 Å². The fourth-order valence-corrected chi connectivity index (χ4v) is 3.19. The molecular weight excluding hydrogens is 326 g/mol. The maximum atomic E-state index is 12.7. The van der Waals surface area contributed by atoms with Gasteiger partial charge in [-0.1, -0.05) is 33.8 Å². The van der Waals surface area contributed by atoms with E-state index in [1.54, 1.807) is 13.8 Å². The van der Waals surface area contributed by atoms with Gasteiger partial charge in [0.05, 0.1) is 16.6 Å². The number of anilines is 1. The number of carbonyl (C=O) groups excluding carboxylic acids is 1. The molecule has 5 heteroatoms. The minimum Gasteiger partial charge on any atom is -0.386 e. The molecule has 0 radical (unpaired) electrons. The Balaban J connectivity index is 2.03. The van der Waals surface area contributed by atoms with Crippen LogP contribution in [-0.2, 0) is 10.4 Å². The van der Waals surface area contributed by atoms with Crippen molar-refractivity contribution in [2.75, 3.05) is 5.32 Å². The highest BCUT2D eigenvalue weighted by molar-refractivity contribution is 5.93. The molecule has 0 spiro atoms. The standard InChI is InChI=1S/C21H31N3O2/c1-13(20(2,3)4)18(25)23-19-22-16-11-10-14(21(5,6)26)12-17(16)24(19)15-8-7-9-15/h10-13,15,26H,7-9H2,1-6H3,(H,22,23,25)/t13-/m1/s1. The molecule has 1 atom stereocenters. The van der Waals surface area contributed by atoms with Crippen molar-refractivity contribution < 1.29 is 9.90 Å². The zero-order chi connectivity index (χ0) is 19.3. The Bertz CT molecular complexity index is 820. The summed E-state index contributed by atoms with van der Waals surface area (Å²) in [5.74, 6) is 0.499. The first-order valence-corrected chi connectivity index (χ1v) is 9.54. The molecule has 1 heterocycles. The first-order valence-electron chi connectivity index (χ1n) is 9.54. The second-order valence-electron chi connectivity index (χ2n) is 9.23. The molecule has 1 aliphatic carbocycles. The number of imidazole rings is 1. The van der Waals surface area contributed by atoms with Crippen LogP contribution in [0.1, 0.15) is 72.4 Å². The van der Waals surface area contributed by atoms with Gasteiger partial charge in [0.15, 0.2) is 0 Å². The minimum atomic E-state index is -0.910. The summed E-state index contributed by atoms with van der Waals surface area (Å²) in [6, 6.07) is 6.20. The summed E-state index contributed by atoms with van der Waals surface area (Å²) < 4.78 is 2.15. The summed E-state index contributed by atoms with van der Waals surface area (Å²) in [4.78, 5) is 17.4. The fourth-order valence-electron chi connectivity index (χ4n) is 3.19. The van der Waals surface area contributed by atoms with Gasteiger partial charge < -0.3 is 9.67 Å². The van der Waals surface area contributed by atoms with Crippen molar-refractivity contribution >= 4 is 22.9 Å². The quantitative estimate of drug-likeness (QED) is 0.840. The largest absolute Gasteiger partial charge is 0.386 e. The Hall–Kier alpha value is -1.88. The van der Waals surface area contributed by atoms with Crippen LogP contribution in [0.2, 0.25) is 0 Å². The van der Waals surface area contributed by atoms with E-state index in [0.29, 0.717) is 12.0 Å². The number of aromatic nitrogens is 2. The van der Waals surface area contributed by atoms with E-state index < -0.39 is 5.60 Å². The lowest BCUT2D eigenvalue weighted by atomic mass is 9.81. The van der Waals surface area contributed by atoms with Gasteiger partial charge in [0.2, 0.25) is 11.9 Å². The van der Waals surface area contributed by atoms with Crippen molar-refractivity contribution in [2.45, 2.75) is 72.4 Å². The van der Waals surface area contributed by atoms with Gasteiger partial charge >= 0.3 is 0 Å². The third kappa shape index (κ3) is 3.50. The Kier molecular flexibility index (Phi) is 4.63. The highest BCUT2D eigenvalue weighted by Gasteiger charge is 2.30. The number of rotatable bonds is 4. The molecule has 0 aliphatic heterocycles. The molecule has 142 valence electrons. The first-order chi connectivity index (χ1) is 12.0. The van der Waals surface area contributed by atoms with Crippen molar-refractivity contribution in [1.82, 2.24) is 9.55 Å². The predicted molar refractivity (Wildman–Crippen MR) is 105 cm³/mol. The van der Waals surface area contributed by atoms with Crippen LogP contribution in [0, 0.1) is 11.3 Å². The number of amides is 1. The van der Waals surface area contributed by atoms with E-state index in [1.165, 1.54) is 6.42 Å². The summed E-state index contributed by atoms with van der Waals surface area (Å²) in [5, 5.41) is 13.4. The summed E-state index contributed by atoms with van der Waals surface area (Å²) in [6.07, 6.45) is 3.38. The van der Waals surface area contributed by atoms with Crippen molar-refractivity contribution in [2.24, 2.45) is 11.3 Å². The van der Waals surface area contributed by atoms with Crippen LogP contribution in [0.25, 0.3) is 11.0 Å². The topological polar surface area (TPSA) is 67.2 Å². The molecule has 2 aromatic rings. The van der Waals surface area contributed by atoms with E-state index in [9.17, 15) is 9.90 Å². The van der Waals surface area contributed by atoms with E-state index in [0.717, 1.165) is 29.4 Å². The lowest BCUT2D eigenvalue weighted by molar-refractivity contribution is -0.122. The zero-order valence-electron chi connectivity index (χ0n) is 16.8. The molecule has 1 amide bonds. The minimum absolute atomic E-state index is 0.00362. The van der Waals surface area contributed by atoms with Gasteiger partial charge in [-0.3, -0.25) is 10.1 Å². The summed E-state index contributed by atoms with van der Waals surface area (Å²) in [6.45, 7) is 11.7. The molecule has 26 heavy (non-hydrogen) atoms. The monoisotopic (exact) mass is 357 g/mol. The number of hydrogen-bond donors (Lipinski definition) is 2. The van der Waals surface area contributed by atoms with Gasteiger partial charge in [0, 0.05) is 12.0 Å². The molecule has 1 saturated carbocycles. The Morgan fingerprint density at radius 1 is 1.27 bits per heavy atom. The summed E-state index contributed by atoms with van der Waals surface area (Å²) in [5.41, 5.74) is 1.67. The van der Waals surface area contributed by atoms with Crippen LogP contribution in [0.4, 0.5) is 5.95 Å². The van der Waals surface area contributed by atoms with Crippen LogP contribution < -0.4 is 5.32 Å². The van der Waals surface area contributed by atoms with Gasteiger partial charge in [-0.15, -0.1) is 0 Å². The second-order valence-corrected chi connectivity index (χ2v) is 9.23. The average Bonchev–Trinajstić information content (AvgIpc) is 2.80. The average molecular weight is 357 g/mol. The normalized spacial score (nSPS) is 17.2. The predicted octanol–water partition coefficient (Wildman–Crippen LogP) is 4.61. The van der Waals surface area contributed by atoms with Gasteiger partial charge in [-0.25, -0.2) is 4.98 Å². The highest BCUT2D eigenvalue weighted by atomic mass is 16.3. The van der Waals surface area contributed by atoms with E-state index >= 15 is 0 Å². The van der Waals surface area contributed by atoms with Crippen molar-refractivity contribution in [3.63, 3.8) is 0 Å². The zero-order valence-corrected chi connectivity index (χ0v) is 16.8. The Labute approximate surface area is 155 Å². The second kappa shape index (κ2) is 6.38. The lowest BCUT2D eigenvalue weighted by Crippen LogP contribution is -2.32. The van der Waals surface area contributed by atoms with E-state index in [2.05, 4.69) is 30.7 Å². The van der Waals surface area contributed by atoms with Gasteiger partial charge in [0.1, 0.15) is 0 Å². The van der Waals surface area contributed by atoms with E-state index in [1.807, 2.05) is 25.1 Å². The third-order valence-electron chi connectivity index (χ3n) is 5.76. The lowest BCUT2D eigenvalue weighted by Gasteiger charge is -2.30. The first kappa shape index (κ1) is 18.9. The third-order valence-corrected chi connectivity index (χ3v) is 5.76. The fraction of sp³-hybridized carbons (Fsp3) is 0.619. The van der Waals surface area contributed by atoms with Crippen LogP contribution in [0.3, 0.4) is 0 Å². The Morgan fingerprint density at radius 2 is 1.92 bits per heavy atom. The molecule has 1 aromatic carbocycles. The van der Waals surface area contributed by atoms with Crippen molar-refractivity contribution in [3.8, 4) is 0 Å². The number of hydrogen-bond acceptors (Lipinski definition) is 3. The number of fused-ring (bicyclic) bond motifs is 1. The SMILES string of the molecule is C[C@H](C(=O)Nc1nc2ccc(C(C)(C)O)cc2n1C1CCC1)C(C)(C)C. The summed E-state index contributed by atoms with van der Waals surface area (Å²) >= 11 is 0. The molecule has 2 N–H and O–H groups in total. The summed E-state index contributed by atoms with van der Waals surface area (Å²) in [7, 11) is 0. The van der Waals surface area contributed by atoms with Crippen LogP contribution in [-0.4, -0.2) is 20.6 Å². The van der Waals surface area contributed by atoms with E-state index in [-0.39, 0.29) is 17.2 Å². The van der Waals surface area contributed by atoms with Crippen molar-refractivity contribution in [1.29, 1.82) is 0 Å². The van der Waals surface area contributed by atoms with Crippen LogP contribution in [0.5, 0.6) is 0 Å². The van der Waals surface area contributed by atoms with Crippen molar-refractivity contribution in [3.05, 3.63) is 23.8 Å². The smallest absolute Gasteiger partial charge is 0.230 e. The molecule has 1 aliphatic rings. The Morgan fingerprint density at radius 3 is 2.42 bits per heavy atom. The maximum Gasteiger partial charge on any atom is 0.230 e. The van der Waals surface area contributed by atoms with Crippen LogP contribution in [0.15, 0.2) is 18.2 Å². The molecule has 1 fully saturated rings. The molecule has 0 bridgehead atoms. The molecule has 1 aromatic heterocycles.